The summed E-state index contributed by atoms with van der Waals surface area (Å²) in [6, 6.07) is 2.10. The van der Waals surface area contributed by atoms with Crippen LogP contribution in [0.5, 0.6) is 0 Å². The van der Waals surface area contributed by atoms with E-state index < -0.39 is 47.3 Å². The first kappa shape index (κ1) is 25.0. The minimum atomic E-state index is -1.81. The van der Waals surface area contributed by atoms with Gasteiger partial charge in [0.1, 0.15) is 11.5 Å². The zero-order valence-corrected chi connectivity index (χ0v) is 19.3. The molecular formula is C19H25Cl2N7O5. The summed E-state index contributed by atoms with van der Waals surface area (Å²) in [7, 11) is 0. The van der Waals surface area contributed by atoms with Crippen molar-refractivity contribution in [2.75, 3.05) is 11.9 Å². The van der Waals surface area contributed by atoms with Gasteiger partial charge in [0.25, 0.3) is 5.91 Å². The lowest BCUT2D eigenvalue weighted by Gasteiger charge is -2.35. The van der Waals surface area contributed by atoms with Gasteiger partial charge in [0.2, 0.25) is 11.9 Å². The molecule has 3 aliphatic rings. The maximum Gasteiger partial charge on any atom is 0.310 e. The van der Waals surface area contributed by atoms with Crippen LogP contribution >= 0.6 is 23.2 Å². The molecule has 14 heteroatoms. The second kappa shape index (κ2) is 9.31. The summed E-state index contributed by atoms with van der Waals surface area (Å²) in [5.41, 5.74) is 0.734. The number of nitrogens with one attached hydrogen (secondary N) is 3. The van der Waals surface area contributed by atoms with Gasteiger partial charge in [-0.05, 0) is 18.6 Å². The Labute approximate surface area is 199 Å². The van der Waals surface area contributed by atoms with Crippen molar-refractivity contribution in [2.24, 2.45) is 28.6 Å². The molecule has 5 atom stereocenters. The predicted octanol–water partition coefficient (Wildman–Crippen LogP) is -0.258. The highest BCUT2D eigenvalue weighted by molar-refractivity contribution is 6.38. The minimum Gasteiger partial charge on any atom is -0.481 e. The highest BCUT2D eigenvalue weighted by Gasteiger charge is 2.72. The molecule has 2 saturated heterocycles. The summed E-state index contributed by atoms with van der Waals surface area (Å²) >= 11 is 12.4. The van der Waals surface area contributed by atoms with Crippen LogP contribution in [-0.4, -0.2) is 57.5 Å². The number of aliphatic hydroxyl groups excluding tert-OH is 1. The number of hydrazone groups is 1. The number of aliphatic carboxylic acids is 1. The van der Waals surface area contributed by atoms with Crippen molar-refractivity contribution in [3.05, 3.63) is 27.7 Å². The van der Waals surface area contributed by atoms with E-state index in [-0.39, 0.29) is 40.2 Å². The molecule has 1 spiro atoms. The van der Waals surface area contributed by atoms with Gasteiger partial charge >= 0.3 is 5.97 Å². The Kier molecular flexibility index (Phi) is 7.05. The standard InChI is InChI=1S/C17H19Cl2N7O5.C2H6/c18-5-1-7-12(8(19)2-5)22-15(31)17(7)11(14(29)30)10(9-3-6(27)4-26(9)17)13(28)23-16(24-20)25-21;1-2/h1-2,6,9-11,27H,3-4,20-21H2,(H,22,31)(H,29,30)(H2,23,24,25,28);1-2H3. The molecule has 5 unspecified atom stereocenters. The summed E-state index contributed by atoms with van der Waals surface area (Å²) in [6.45, 7) is 3.97. The van der Waals surface area contributed by atoms with E-state index in [1.165, 1.54) is 12.1 Å². The summed E-state index contributed by atoms with van der Waals surface area (Å²) < 4.78 is 0. The molecule has 1 aromatic rings. The molecule has 0 saturated carbocycles. The summed E-state index contributed by atoms with van der Waals surface area (Å²) in [4.78, 5) is 40.6. The van der Waals surface area contributed by atoms with Crippen molar-refractivity contribution in [3.63, 3.8) is 0 Å². The number of carbonyl (C=O) groups is 3. The van der Waals surface area contributed by atoms with E-state index in [0.29, 0.717) is 0 Å². The summed E-state index contributed by atoms with van der Waals surface area (Å²) in [6.07, 6.45) is -0.806. The Bertz CT molecular complexity index is 1020. The lowest BCUT2D eigenvalue weighted by Crippen LogP contribution is -2.54. The van der Waals surface area contributed by atoms with Crippen LogP contribution in [0.4, 0.5) is 5.69 Å². The second-order valence-corrected chi connectivity index (χ2v) is 8.44. The zero-order chi connectivity index (χ0) is 24.7. The van der Waals surface area contributed by atoms with Crippen LogP contribution in [-0.2, 0) is 19.9 Å². The molecule has 180 valence electrons. The van der Waals surface area contributed by atoms with Gasteiger partial charge in [-0.15, -0.1) is 5.10 Å². The fourth-order valence-corrected chi connectivity index (χ4v) is 5.68. The van der Waals surface area contributed by atoms with Crippen molar-refractivity contribution in [1.29, 1.82) is 0 Å². The van der Waals surface area contributed by atoms with Crippen molar-refractivity contribution in [3.8, 4) is 0 Å². The van der Waals surface area contributed by atoms with Gasteiger partial charge in [-0.3, -0.25) is 30.0 Å². The Morgan fingerprint density at radius 3 is 2.58 bits per heavy atom. The number of nitrogens with zero attached hydrogens (tertiary/aromatic N) is 2. The second-order valence-electron chi connectivity index (χ2n) is 7.59. The molecule has 33 heavy (non-hydrogen) atoms. The average molecular weight is 502 g/mol. The number of halogens is 2. The van der Waals surface area contributed by atoms with Crippen LogP contribution < -0.4 is 27.7 Å². The average Bonchev–Trinajstić information content (AvgIpc) is 3.37. The molecule has 2 fully saturated rings. The van der Waals surface area contributed by atoms with Crippen LogP contribution in [0, 0.1) is 11.8 Å². The summed E-state index contributed by atoms with van der Waals surface area (Å²) in [5.74, 6) is 4.51. The number of carboxylic acids is 1. The quantitative estimate of drug-likeness (QED) is 0.123. The number of rotatable bonds is 2. The first-order valence-corrected chi connectivity index (χ1v) is 11.0. The number of carboxylic acid groups (broad SMARTS) is 1. The van der Waals surface area contributed by atoms with Crippen LogP contribution in [0.1, 0.15) is 25.8 Å². The highest BCUT2D eigenvalue weighted by atomic mass is 35.5. The van der Waals surface area contributed by atoms with Crippen molar-refractivity contribution in [1.82, 2.24) is 15.6 Å². The lowest BCUT2D eigenvalue weighted by molar-refractivity contribution is -0.152. The Morgan fingerprint density at radius 1 is 1.33 bits per heavy atom. The van der Waals surface area contributed by atoms with Gasteiger partial charge in [0, 0.05) is 23.2 Å². The number of hydrazine groups is 1. The molecule has 3 heterocycles. The Hall–Kier alpha value is -2.64. The maximum atomic E-state index is 13.4. The third kappa shape index (κ3) is 3.67. The van der Waals surface area contributed by atoms with E-state index in [9.17, 15) is 24.6 Å². The van der Waals surface area contributed by atoms with E-state index in [4.69, 9.17) is 34.9 Å². The third-order valence-corrected chi connectivity index (χ3v) is 6.64. The van der Waals surface area contributed by atoms with Crippen LogP contribution in [0.3, 0.4) is 0 Å². The molecule has 0 aliphatic carbocycles. The Morgan fingerprint density at radius 2 is 2.00 bits per heavy atom. The van der Waals surface area contributed by atoms with Crippen molar-refractivity contribution >= 4 is 52.6 Å². The SMILES string of the molecule is CC.N/N=C(\NN)NC(=O)C1C2CC(O)CN2C2(C(=O)Nc3c(Cl)cc(Cl)cc32)C1C(=O)O. The molecular weight excluding hydrogens is 477 g/mol. The highest BCUT2D eigenvalue weighted by Crippen LogP contribution is 2.59. The fourth-order valence-electron chi connectivity index (χ4n) is 5.14. The van der Waals surface area contributed by atoms with Gasteiger partial charge < -0.3 is 21.4 Å². The topological polar surface area (TPSA) is 195 Å². The van der Waals surface area contributed by atoms with E-state index in [2.05, 4.69) is 21.2 Å². The molecule has 4 rings (SSSR count). The normalized spacial score (nSPS) is 30.2. The third-order valence-electron chi connectivity index (χ3n) is 6.12. The Balaban J connectivity index is 0.00000149. The van der Waals surface area contributed by atoms with Gasteiger partial charge in [-0.2, -0.15) is 0 Å². The molecule has 1 aromatic carbocycles. The van der Waals surface area contributed by atoms with Gasteiger partial charge in [-0.1, -0.05) is 37.0 Å². The van der Waals surface area contributed by atoms with Crippen LogP contribution in [0.2, 0.25) is 10.0 Å². The van der Waals surface area contributed by atoms with E-state index >= 15 is 0 Å². The van der Waals surface area contributed by atoms with Gasteiger partial charge in [-0.25, -0.2) is 5.84 Å². The molecule has 3 aliphatic heterocycles. The molecule has 12 nitrogen and oxygen atoms in total. The number of carbonyl (C=O) groups excluding carboxylic acids is 2. The van der Waals surface area contributed by atoms with Crippen LogP contribution in [0.25, 0.3) is 0 Å². The number of benzene rings is 1. The molecule has 2 amide bonds. The number of fused-ring (bicyclic) bond motifs is 4. The largest absolute Gasteiger partial charge is 0.481 e. The van der Waals surface area contributed by atoms with Gasteiger partial charge in [0.05, 0.1) is 22.7 Å². The number of hydrogen-bond acceptors (Lipinski definition) is 8. The smallest absolute Gasteiger partial charge is 0.310 e. The van der Waals surface area contributed by atoms with Crippen molar-refractivity contribution < 1.29 is 24.6 Å². The minimum absolute atomic E-state index is 0.0256. The number of nitrogens with two attached hydrogens (primary N) is 2. The van der Waals surface area contributed by atoms with E-state index in [1.54, 1.807) is 4.90 Å². The lowest BCUT2D eigenvalue weighted by atomic mass is 9.73. The maximum absolute atomic E-state index is 13.4. The molecule has 9 N–H and O–H groups in total. The molecule has 0 radical (unpaired) electrons. The molecule has 0 bridgehead atoms. The molecule has 0 aromatic heterocycles. The number of aliphatic hydroxyl groups is 1. The summed E-state index contributed by atoms with van der Waals surface area (Å²) in [5, 5.41) is 29.1. The number of hydrogen-bond donors (Lipinski definition) is 7. The monoisotopic (exact) mass is 501 g/mol. The predicted molar refractivity (Wildman–Crippen MR) is 121 cm³/mol. The number of anilines is 1. The number of guanidine groups is 1. The first-order chi connectivity index (χ1) is 15.7. The first-order valence-electron chi connectivity index (χ1n) is 10.2. The zero-order valence-electron chi connectivity index (χ0n) is 17.8. The number of amides is 2. The van der Waals surface area contributed by atoms with Crippen LogP contribution in [0.15, 0.2) is 17.2 Å². The van der Waals surface area contributed by atoms with E-state index in [1.807, 2.05) is 13.8 Å². The van der Waals surface area contributed by atoms with Gasteiger partial charge in [0.15, 0.2) is 0 Å². The van der Waals surface area contributed by atoms with E-state index in [0.717, 1.165) is 0 Å². The van der Waals surface area contributed by atoms with Crippen molar-refractivity contribution in [2.45, 2.75) is 38.0 Å². The fraction of sp³-hybridized carbons (Fsp3) is 0.474.